The van der Waals surface area contributed by atoms with E-state index in [0.29, 0.717) is 32.8 Å². The Kier molecular flexibility index (Phi) is 6.43. The molecule has 4 amide bonds. The van der Waals surface area contributed by atoms with Gasteiger partial charge < -0.3 is 16.0 Å². The van der Waals surface area contributed by atoms with Gasteiger partial charge in [0.15, 0.2) is 5.13 Å². The first kappa shape index (κ1) is 21.0. The molecule has 1 heterocycles. The summed E-state index contributed by atoms with van der Waals surface area (Å²) in [5.74, 6) is -0.497. The number of rotatable bonds is 5. The first-order valence-electron chi connectivity index (χ1n) is 9.11. The van der Waals surface area contributed by atoms with E-state index in [-0.39, 0.29) is 11.8 Å². The van der Waals surface area contributed by atoms with Crippen molar-refractivity contribution < 1.29 is 14.4 Å². The van der Waals surface area contributed by atoms with Crippen molar-refractivity contribution in [3.05, 3.63) is 64.7 Å². The highest BCUT2D eigenvalue weighted by molar-refractivity contribution is 7.17. The highest BCUT2D eigenvalue weighted by Gasteiger charge is 2.17. The van der Waals surface area contributed by atoms with E-state index in [0.717, 1.165) is 16.9 Å². The van der Waals surface area contributed by atoms with Crippen LogP contribution in [0.3, 0.4) is 0 Å². The van der Waals surface area contributed by atoms with Gasteiger partial charge in [0.25, 0.3) is 5.91 Å². The van der Waals surface area contributed by atoms with Gasteiger partial charge in [0.05, 0.1) is 5.69 Å². The van der Waals surface area contributed by atoms with Crippen molar-refractivity contribution >= 4 is 51.4 Å². The Morgan fingerprint density at radius 1 is 0.767 bits per heavy atom. The topological polar surface area (TPSA) is 112 Å². The summed E-state index contributed by atoms with van der Waals surface area (Å²) in [7, 11) is 0. The molecule has 0 aliphatic heterocycles. The average Bonchev–Trinajstić information content (AvgIpc) is 3.05. The average molecular weight is 423 g/mol. The van der Waals surface area contributed by atoms with E-state index in [1.54, 1.807) is 43.3 Å². The lowest BCUT2D eigenvalue weighted by atomic mass is 10.2. The zero-order valence-electron chi connectivity index (χ0n) is 16.7. The molecule has 1 aromatic heterocycles. The van der Waals surface area contributed by atoms with Crippen LogP contribution < -0.4 is 21.3 Å². The fourth-order valence-corrected chi connectivity index (χ4v) is 3.44. The summed E-state index contributed by atoms with van der Waals surface area (Å²) in [5, 5.41) is 11.1. The molecule has 0 saturated carbocycles. The van der Waals surface area contributed by atoms with Gasteiger partial charge in [-0.05, 0) is 50.2 Å². The number of amides is 4. The second kappa shape index (κ2) is 9.19. The van der Waals surface area contributed by atoms with E-state index in [9.17, 15) is 14.4 Å². The molecule has 8 nitrogen and oxygen atoms in total. The molecule has 0 fully saturated rings. The fourth-order valence-electron chi connectivity index (χ4n) is 2.58. The fraction of sp³-hybridized carbons (Fsp3) is 0.143. The van der Waals surface area contributed by atoms with Crippen LogP contribution in [0.1, 0.15) is 27.9 Å². The maximum atomic E-state index is 12.6. The molecule has 0 aliphatic rings. The minimum Gasteiger partial charge on any atom is -0.326 e. The number of carbonyl (C=O) groups is 3. The Balaban J connectivity index is 1.61. The van der Waals surface area contributed by atoms with Gasteiger partial charge in [-0.2, -0.15) is 0 Å². The Labute approximate surface area is 177 Å². The second-order valence-electron chi connectivity index (χ2n) is 6.59. The van der Waals surface area contributed by atoms with Crippen molar-refractivity contribution in [2.45, 2.75) is 20.8 Å². The van der Waals surface area contributed by atoms with E-state index in [2.05, 4.69) is 26.3 Å². The maximum Gasteiger partial charge on any atom is 0.325 e. The number of aromatic nitrogens is 1. The summed E-state index contributed by atoms with van der Waals surface area (Å²) in [4.78, 5) is 40.5. The van der Waals surface area contributed by atoms with Crippen molar-refractivity contribution in [2.24, 2.45) is 0 Å². The standard InChI is InChI=1S/C21H21N5O3S/c1-12-4-6-17(7-5-12)25-20(29)26-21-22-13(2)18(30-21)19(28)24-16-10-8-15(9-11-16)23-14(3)27/h4-11H,1-3H3,(H,23,27)(H,24,28)(H2,22,25,26,29). The third kappa shape index (κ3) is 5.65. The van der Waals surface area contributed by atoms with Crippen LogP contribution in [0.25, 0.3) is 0 Å². The van der Waals surface area contributed by atoms with E-state index >= 15 is 0 Å². The van der Waals surface area contributed by atoms with Crippen LogP contribution >= 0.6 is 11.3 Å². The van der Waals surface area contributed by atoms with E-state index in [1.165, 1.54) is 6.92 Å². The summed E-state index contributed by atoms with van der Waals surface area (Å²) in [6.45, 7) is 5.09. The number of nitrogens with one attached hydrogen (secondary N) is 4. The number of anilines is 4. The monoisotopic (exact) mass is 423 g/mol. The first-order valence-corrected chi connectivity index (χ1v) is 9.93. The predicted molar refractivity (Wildman–Crippen MR) is 119 cm³/mol. The molecule has 3 aromatic rings. The Morgan fingerprint density at radius 3 is 1.90 bits per heavy atom. The van der Waals surface area contributed by atoms with Gasteiger partial charge in [-0.25, -0.2) is 9.78 Å². The summed E-state index contributed by atoms with van der Waals surface area (Å²) in [6.07, 6.45) is 0. The number of thiazole rings is 1. The third-order valence-corrected chi connectivity index (χ3v) is 5.07. The van der Waals surface area contributed by atoms with E-state index < -0.39 is 6.03 Å². The molecule has 2 aromatic carbocycles. The Morgan fingerprint density at radius 2 is 1.30 bits per heavy atom. The first-order chi connectivity index (χ1) is 14.3. The van der Waals surface area contributed by atoms with Gasteiger partial charge in [-0.3, -0.25) is 14.9 Å². The zero-order valence-corrected chi connectivity index (χ0v) is 17.5. The molecule has 3 rings (SSSR count). The molecule has 0 spiro atoms. The minimum atomic E-state index is -0.437. The van der Waals surface area contributed by atoms with Crippen LogP contribution in [0.4, 0.5) is 27.0 Å². The van der Waals surface area contributed by atoms with Crippen LogP contribution in [0.5, 0.6) is 0 Å². The summed E-state index contributed by atoms with van der Waals surface area (Å²) in [5.41, 5.74) is 3.48. The number of carbonyl (C=O) groups excluding carboxylic acids is 3. The summed E-state index contributed by atoms with van der Waals surface area (Å²) < 4.78 is 0. The molecular weight excluding hydrogens is 402 g/mol. The molecule has 154 valence electrons. The molecule has 30 heavy (non-hydrogen) atoms. The highest BCUT2D eigenvalue weighted by atomic mass is 32.1. The van der Waals surface area contributed by atoms with Gasteiger partial charge in [-0.1, -0.05) is 29.0 Å². The summed E-state index contributed by atoms with van der Waals surface area (Å²) >= 11 is 1.09. The molecular formula is C21H21N5O3S. The van der Waals surface area contributed by atoms with Crippen LogP contribution in [0, 0.1) is 13.8 Å². The van der Waals surface area contributed by atoms with Crippen molar-refractivity contribution in [1.82, 2.24) is 4.98 Å². The van der Waals surface area contributed by atoms with E-state index in [1.807, 2.05) is 19.1 Å². The molecule has 0 saturated heterocycles. The van der Waals surface area contributed by atoms with Gasteiger partial charge in [0.1, 0.15) is 4.88 Å². The van der Waals surface area contributed by atoms with Crippen LogP contribution in [-0.2, 0) is 4.79 Å². The molecule has 0 aliphatic carbocycles. The molecule has 0 atom stereocenters. The normalized spacial score (nSPS) is 10.2. The second-order valence-corrected chi connectivity index (χ2v) is 7.59. The number of hydrogen-bond donors (Lipinski definition) is 4. The van der Waals surface area contributed by atoms with Gasteiger partial charge in [0, 0.05) is 24.0 Å². The van der Waals surface area contributed by atoms with Crippen molar-refractivity contribution in [3.8, 4) is 0 Å². The van der Waals surface area contributed by atoms with Gasteiger partial charge >= 0.3 is 6.03 Å². The van der Waals surface area contributed by atoms with Gasteiger partial charge in [0.2, 0.25) is 5.91 Å². The molecule has 0 radical (unpaired) electrons. The highest BCUT2D eigenvalue weighted by Crippen LogP contribution is 2.24. The number of urea groups is 1. The third-order valence-electron chi connectivity index (χ3n) is 4.00. The van der Waals surface area contributed by atoms with Crippen LogP contribution in [0.2, 0.25) is 0 Å². The quantitative estimate of drug-likeness (QED) is 0.480. The number of aryl methyl sites for hydroxylation is 2. The maximum absolute atomic E-state index is 12.6. The largest absolute Gasteiger partial charge is 0.326 e. The lowest BCUT2D eigenvalue weighted by Crippen LogP contribution is -2.19. The Bertz CT molecular complexity index is 1080. The van der Waals surface area contributed by atoms with Crippen LogP contribution in [-0.4, -0.2) is 22.8 Å². The number of benzene rings is 2. The van der Waals surface area contributed by atoms with E-state index in [4.69, 9.17) is 0 Å². The SMILES string of the molecule is CC(=O)Nc1ccc(NC(=O)c2sc(NC(=O)Nc3ccc(C)cc3)nc2C)cc1. The Hall–Kier alpha value is -3.72. The number of hydrogen-bond acceptors (Lipinski definition) is 5. The van der Waals surface area contributed by atoms with Crippen molar-refractivity contribution in [2.75, 3.05) is 21.3 Å². The molecule has 0 unspecified atom stereocenters. The predicted octanol–water partition coefficient (Wildman–Crippen LogP) is 4.61. The van der Waals surface area contributed by atoms with Crippen LogP contribution in [0.15, 0.2) is 48.5 Å². The molecule has 4 N–H and O–H groups in total. The molecule has 0 bridgehead atoms. The summed E-state index contributed by atoms with van der Waals surface area (Å²) in [6, 6.07) is 13.7. The lowest BCUT2D eigenvalue weighted by Gasteiger charge is -2.06. The molecule has 9 heteroatoms. The lowest BCUT2D eigenvalue weighted by molar-refractivity contribution is -0.114. The van der Waals surface area contributed by atoms with Gasteiger partial charge in [-0.15, -0.1) is 0 Å². The zero-order chi connectivity index (χ0) is 21.7. The number of nitrogens with zero attached hydrogens (tertiary/aromatic N) is 1. The smallest absolute Gasteiger partial charge is 0.325 e. The van der Waals surface area contributed by atoms with Crippen molar-refractivity contribution in [3.63, 3.8) is 0 Å². The minimum absolute atomic E-state index is 0.168. The van der Waals surface area contributed by atoms with Crippen molar-refractivity contribution in [1.29, 1.82) is 0 Å².